The molecule has 0 saturated carbocycles. The van der Waals surface area contributed by atoms with Crippen molar-refractivity contribution in [3.63, 3.8) is 0 Å². The molecule has 0 radical (unpaired) electrons. The third-order valence-electron chi connectivity index (χ3n) is 5.62. The second-order valence-corrected chi connectivity index (χ2v) is 7.72. The smallest absolute Gasteiger partial charge is 0.244 e. The molecule has 3 atom stereocenters. The summed E-state index contributed by atoms with van der Waals surface area (Å²) in [5, 5.41) is 3.46. The Kier molecular flexibility index (Phi) is 5.13. The summed E-state index contributed by atoms with van der Waals surface area (Å²) >= 11 is 0. The van der Waals surface area contributed by atoms with Crippen LogP contribution in [0.5, 0.6) is 0 Å². The Morgan fingerprint density at radius 1 is 1.16 bits per heavy atom. The Labute approximate surface area is 150 Å². The van der Waals surface area contributed by atoms with Crippen molar-refractivity contribution in [3.05, 3.63) is 24.3 Å². The Morgan fingerprint density at radius 3 is 2.40 bits per heavy atom. The molecule has 0 bridgehead atoms. The first-order valence-corrected chi connectivity index (χ1v) is 9.33. The van der Waals surface area contributed by atoms with Gasteiger partial charge >= 0.3 is 0 Å². The van der Waals surface area contributed by atoms with Crippen LogP contribution in [0.4, 0.5) is 11.4 Å². The van der Waals surface area contributed by atoms with Gasteiger partial charge in [-0.3, -0.25) is 9.59 Å². The van der Waals surface area contributed by atoms with Crippen molar-refractivity contribution in [2.45, 2.75) is 52.6 Å². The summed E-state index contributed by atoms with van der Waals surface area (Å²) in [6.45, 7) is 9.51. The molecule has 2 aliphatic rings. The number of nitrogens with one attached hydrogen (secondary N) is 1. The van der Waals surface area contributed by atoms with Gasteiger partial charge in [-0.05, 0) is 50.3 Å². The van der Waals surface area contributed by atoms with Gasteiger partial charge in [0.25, 0.3) is 0 Å². The lowest BCUT2D eigenvalue weighted by molar-refractivity contribution is -0.122. The van der Waals surface area contributed by atoms with Crippen LogP contribution < -0.4 is 15.1 Å². The van der Waals surface area contributed by atoms with Crippen molar-refractivity contribution in [2.75, 3.05) is 22.9 Å². The number of rotatable bonds is 2. The van der Waals surface area contributed by atoms with E-state index < -0.39 is 0 Å². The Balaban J connectivity index is 1.82. The third-order valence-corrected chi connectivity index (χ3v) is 5.62. The summed E-state index contributed by atoms with van der Waals surface area (Å²) in [6, 6.07) is 7.56. The first-order valence-electron chi connectivity index (χ1n) is 9.33. The van der Waals surface area contributed by atoms with E-state index in [0.29, 0.717) is 18.4 Å². The highest BCUT2D eigenvalue weighted by Gasteiger charge is 2.37. The molecule has 1 aromatic carbocycles. The molecule has 3 rings (SSSR count). The molecule has 1 saturated heterocycles. The van der Waals surface area contributed by atoms with Crippen LogP contribution in [-0.4, -0.2) is 37.0 Å². The first-order chi connectivity index (χ1) is 11.9. The van der Waals surface area contributed by atoms with Crippen molar-refractivity contribution >= 4 is 23.2 Å². The van der Waals surface area contributed by atoms with Gasteiger partial charge in [0.2, 0.25) is 11.8 Å². The van der Waals surface area contributed by atoms with Crippen molar-refractivity contribution in [2.24, 2.45) is 11.8 Å². The van der Waals surface area contributed by atoms with Gasteiger partial charge in [0.05, 0.1) is 23.5 Å². The Morgan fingerprint density at radius 2 is 1.84 bits per heavy atom. The van der Waals surface area contributed by atoms with E-state index in [0.717, 1.165) is 30.8 Å². The molecule has 136 valence electrons. The number of anilines is 2. The van der Waals surface area contributed by atoms with Gasteiger partial charge in [-0.1, -0.05) is 26.0 Å². The molecule has 0 aromatic heterocycles. The molecule has 0 aliphatic carbocycles. The zero-order chi connectivity index (χ0) is 18.1. The van der Waals surface area contributed by atoms with Crippen LogP contribution in [0.15, 0.2) is 24.3 Å². The number of nitrogens with zero attached hydrogens (tertiary/aromatic N) is 2. The van der Waals surface area contributed by atoms with E-state index in [1.54, 1.807) is 11.8 Å². The second-order valence-electron chi connectivity index (χ2n) is 7.72. The lowest BCUT2D eigenvalue weighted by Crippen LogP contribution is -2.57. The van der Waals surface area contributed by atoms with Crippen LogP contribution in [0.3, 0.4) is 0 Å². The Bertz CT molecular complexity index is 650. The van der Waals surface area contributed by atoms with Gasteiger partial charge < -0.3 is 15.1 Å². The maximum Gasteiger partial charge on any atom is 0.244 e. The second kappa shape index (κ2) is 7.16. The molecular weight excluding hydrogens is 314 g/mol. The van der Waals surface area contributed by atoms with Crippen LogP contribution in [-0.2, 0) is 9.59 Å². The fraction of sp³-hybridized carbons (Fsp3) is 0.600. The molecule has 1 N–H and O–H groups in total. The highest BCUT2D eigenvalue weighted by atomic mass is 16.2. The highest BCUT2D eigenvalue weighted by molar-refractivity contribution is 6.05. The minimum Gasteiger partial charge on any atom is -0.307 e. The minimum absolute atomic E-state index is 0.0163. The van der Waals surface area contributed by atoms with Crippen LogP contribution in [0.2, 0.25) is 0 Å². The average molecular weight is 343 g/mol. The quantitative estimate of drug-likeness (QED) is 0.898. The number of hydrogen-bond acceptors (Lipinski definition) is 3. The highest BCUT2D eigenvalue weighted by Crippen LogP contribution is 2.36. The molecule has 5 nitrogen and oxygen atoms in total. The van der Waals surface area contributed by atoms with E-state index in [-0.39, 0.29) is 23.9 Å². The van der Waals surface area contributed by atoms with Crippen LogP contribution in [0, 0.1) is 11.8 Å². The zero-order valence-electron chi connectivity index (χ0n) is 15.7. The standard InChI is InChI=1S/C20H29N3O2/c1-13(2)16-9-10-17(21-11-16)20(25)22-12-14(3)23(15(4)24)19-8-6-5-7-18(19)22/h5-8,13-14,16-17,21H,9-12H2,1-4H3/t14-,16?,17?/m0/s1. The summed E-state index contributed by atoms with van der Waals surface area (Å²) in [5.41, 5.74) is 1.67. The van der Waals surface area contributed by atoms with Gasteiger partial charge in [-0.15, -0.1) is 0 Å². The van der Waals surface area contributed by atoms with Crippen LogP contribution in [0.25, 0.3) is 0 Å². The lowest BCUT2D eigenvalue weighted by Gasteiger charge is -2.42. The van der Waals surface area contributed by atoms with Crippen molar-refractivity contribution in [1.29, 1.82) is 0 Å². The van der Waals surface area contributed by atoms with Gasteiger partial charge in [-0.25, -0.2) is 0 Å². The average Bonchev–Trinajstić information content (AvgIpc) is 2.60. The van der Waals surface area contributed by atoms with Crippen molar-refractivity contribution < 1.29 is 9.59 Å². The monoisotopic (exact) mass is 343 g/mol. The SMILES string of the molecule is CC(=O)N1c2ccccc2N(C(=O)C2CCC(C(C)C)CN2)C[C@@H]1C. The fourth-order valence-corrected chi connectivity index (χ4v) is 4.11. The van der Waals surface area contributed by atoms with E-state index in [2.05, 4.69) is 19.2 Å². The van der Waals surface area contributed by atoms with Gasteiger partial charge in [0.1, 0.15) is 0 Å². The fourth-order valence-electron chi connectivity index (χ4n) is 4.11. The summed E-state index contributed by atoms with van der Waals surface area (Å²) in [6.07, 6.45) is 1.97. The summed E-state index contributed by atoms with van der Waals surface area (Å²) in [5.74, 6) is 1.43. The Hall–Kier alpha value is -1.88. The lowest BCUT2D eigenvalue weighted by atomic mass is 9.86. The van der Waals surface area contributed by atoms with E-state index in [9.17, 15) is 9.59 Å². The third kappa shape index (κ3) is 3.43. The van der Waals surface area contributed by atoms with E-state index >= 15 is 0 Å². The molecule has 25 heavy (non-hydrogen) atoms. The number of hydrogen-bond donors (Lipinski definition) is 1. The molecule has 2 aliphatic heterocycles. The molecule has 5 heteroatoms. The normalized spacial score (nSPS) is 26.5. The van der Waals surface area contributed by atoms with Crippen LogP contribution >= 0.6 is 0 Å². The van der Waals surface area contributed by atoms with Gasteiger partial charge in [-0.2, -0.15) is 0 Å². The summed E-state index contributed by atoms with van der Waals surface area (Å²) < 4.78 is 0. The molecular formula is C20H29N3O2. The number of fused-ring (bicyclic) bond motifs is 1. The molecule has 1 aromatic rings. The molecule has 0 spiro atoms. The predicted molar refractivity (Wildman–Crippen MR) is 101 cm³/mol. The van der Waals surface area contributed by atoms with E-state index in [1.807, 2.05) is 36.1 Å². The molecule has 2 amide bonds. The van der Waals surface area contributed by atoms with E-state index in [4.69, 9.17) is 0 Å². The molecule has 1 fully saturated rings. The van der Waals surface area contributed by atoms with Crippen molar-refractivity contribution in [3.8, 4) is 0 Å². The molecule has 2 heterocycles. The van der Waals surface area contributed by atoms with Gasteiger partial charge in [0.15, 0.2) is 0 Å². The first kappa shape index (κ1) is 17.9. The largest absolute Gasteiger partial charge is 0.307 e. The number of amides is 2. The van der Waals surface area contributed by atoms with Gasteiger partial charge in [0, 0.05) is 13.5 Å². The number of carbonyl (C=O) groups is 2. The predicted octanol–water partition coefficient (Wildman–Crippen LogP) is 2.80. The summed E-state index contributed by atoms with van der Waals surface area (Å²) in [7, 11) is 0. The topological polar surface area (TPSA) is 52.7 Å². The maximum atomic E-state index is 13.2. The number of piperidine rings is 1. The number of carbonyl (C=O) groups excluding carboxylic acids is 2. The zero-order valence-corrected chi connectivity index (χ0v) is 15.7. The van der Waals surface area contributed by atoms with Crippen molar-refractivity contribution in [1.82, 2.24) is 5.32 Å². The van der Waals surface area contributed by atoms with Crippen LogP contribution in [0.1, 0.15) is 40.5 Å². The maximum absolute atomic E-state index is 13.2. The minimum atomic E-state index is -0.126. The molecule has 2 unspecified atom stereocenters. The number of benzene rings is 1. The van der Waals surface area contributed by atoms with E-state index in [1.165, 1.54) is 0 Å². The number of para-hydroxylation sites is 2. The summed E-state index contributed by atoms with van der Waals surface area (Å²) in [4.78, 5) is 28.9.